The van der Waals surface area contributed by atoms with E-state index in [2.05, 4.69) is 15.3 Å². The molecule has 0 fully saturated rings. The summed E-state index contributed by atoms with van der Waals surface area (Å²) in [5.41, 5.74) is 6.21. The van der Waals surface area contributed by atoms with Gasteiger partial charge in [0.15, 0.2) is 0 Å². The summed E-state index contributed by atoms with van der Waals surface area (Å²) in [6.07, 6.45) is 3.21. The minimum atomic E-state index is -1.12. The second-order valence-corrected chi connectivity index (χ2v) is 6.57. The first kappa shape index (κ1) is 16.1. The summed E-state index contributed by atoms with van der Waals surface area (Å²) in [4.78, 5) is 21.0. The van der Waals surface area contributed by atoms with E-state index in [0.29, 0.717) is 5.69 Å². The molecule has 1 amide bonds. The second-order valence-electron chi connectivity index (χ2n) is 6.57. The van der Waals surface area contributed by atoms with Crippen LogP contribution in [-0.4, -0.2) is 15.9 Å². The van der Waals surface area contributed by atoms with Crippen molar-refractivity contribution in [2.45, 2.75) is 38.6 Å². The number of rotatable bonds is 3. The zero-order chi connectivity index (χ0) is 16.4. The van der Waals surface area contributed by atoms with Crippen LogP contribution in [0.15, 0.2) is 42.7 Å². The Labute approximate surface area is 131 Å². The summed E-state index contributed by atoms with van der Waals surface area (Å²) < 4.78 is 0. The molecule has 0 bridgehead atoms. The molecule has 0 spiro atoms. The van der Waals surface area contributed by atoms with E-state index in [1.54, 1.807) is 19.3 Å². The van der Waals surface area contributed by atoms with Crippen molar-refractivity contribution in [2.24, 2.45) is 5.73 Å². The number of nitrogens with one attached hydrogen (secondary N) is 1. The minimum Gasteiger partial charge on any atom is -0.322 e. The fourth-order valence-electron chi connectivity index (χ4n) is 1.96. The molecule has 0 saturated heterocycles. The Morgan fingerprint density at radius 1 is 1.05 bits per heavy atom. The van der Waals surface area contributed by atoms with Crippen LogP contribution in [0.25, 0.3) is 0 Å². The van der Waals surface area contributed by atoms with E-state index in [1.165, 1.54) is 0 Å². The molecule has 0 aliphatic rings. The molecule has 0 aliphatic carbocycles. The van der Waals surface area contributed by atoms with Crippen LogP contribution in [0.5, 0.6) is 0 Å². The highest BCUT2D eigenvalue weighted by Crippen LogP contribution is 2.21. The van der Waals surface area contributed by atoms with Gasteiger partial charge in [-0.3, -0.25) is 4.79 Å². The monoisotopic (exact) mass is 298 g/mol. The Morgan fingerprint density at radius 3 is 2.09 bits per heavy atom. The summed E-state index contributed by atoms with van der Waals surface area (Å²) >= 11 is 0. The Morgan fingerprint density at radius 2 is 1.59 bits per heavy atom. The van der Waals surface area contributed by atoms with E-state index in [9.17, 15) is 4.79 Å². The minimum absolute atomic E-state index is 0.130. The molecule has 1 unspecified atom stereocenters. The number of benzene rings is 1. The third-order valence-corrected chi connectivity index (χ3v) is 3.43. The smallest absolute Gasteiger partial charge is 0.248 e. The number of nitrogens with zero attached hydrogens (tertiary/aromatic N) is 2. The van der Waals surface area contributed by atoms with E-state index < -0.39 is 5.54 Å². The van der Waals surface area contributed by atoms with Crippen LogP contribution in [0.3, 0.4) is 0 Å². The Balaban J connectivity index is 2.15. The molecule has 2 aromatic rings. The number of aromatic nitrogens is 2. The van der Waals surface area contributed by atoms with Gasteiger partial charge < -0.3 is 11.1 Å². The molecular formula is C17H22N4O. The Bertz CT molecular complexity index is 643. The lowest BCUT2D eigenvalue weighted by Gasteiger charge is -2.24. The summed E-state index contributed by atoms with van der Waals surface area (Å²) in [7, 11) is 0. The van der Waals surface area contributed by atoms with Gasteiger partial charge in [-0.25, -0.2) is 9.97 Å². The highest BCUT2D eigenvalue weighted by atomic mass is 16.2. The standard InChI is InChI=1S/C17H22N4O/c1-16(2,3)14-19-10-13(11-20-14)21-15(22)17(4,18)12-8-6-5-7-9-12/h5-11H,18H2,1-4H3,(H,21,22). The highest BCUT2D eigenvalue weighted by Gasteiger charge is 2.30. The van der Waals surface area contributed by atoms with Gasteiger partial charge in [0.25, 0.3) is 0 Å². The molecule has 3 N–H and O–H groups in total. The lowest BCUT2D eigenvalue weighted by molar-refractivity contribution is -0.120. The Kier molecular flexibility index (Phi) is 4.28. The predicted octanol–water partition coefficient (Wildman–Crippen LogP) is 2.59. The van der Waals surface area contributed by atoms with Crippen molar-refractivity contribution in [3.63, 3.8) is 0 Å². The number of carbonyl (C=O) groups excluding carboxylic acids is 1. The van der Waals surface area contributed by atoms with Crippen LogP contribution in [0.2, 0.25) is 0 Å². The van der Waals surface area contributed by atoms with Gasteiger partial charge in [0.2, 0.25) is 5.91 Å². The van der Waals surface area contributed by atoms with Crippen LogP contribution in [0.4, 0.5) is 5.69 Å². The second kappa shape index (κ2) is 5.85. The van der Waals surface area contributed by atoms with E-state index in [4.69, 9.17) is 5.73 Å². The molecule has 1 heterocycles. The first-order chi connectivity index (χ1) is 10.2. The van der Waals surface area contributed by atoms with E-state index in [-0.39, 0.29) is 11.3 Å². The number of anilines is 1. The van der Waals surface area contributed by atoms with Crippen LogP contribution in [0.1, 0.15) is 39.1 Å². The maximum absolute atomic E-state index is 12.4. The molecule has 22 heavy (non-hydrogen) atoms. The number of amides is 1. The third-order valence-electron chi connectivity index (χ3n) is 3.43. The first-order valence-corrected chi connectivity index (χ1v) is 7.19. The van der Waals surface area contributed by atoms with Crippen LogP contribution >= 0.6 is 0 Å². The van der Waals surface area contributed by atoms with Crippen molar-refractivity contribution in [3.8, 4) is 0 Å². The highest BCUT2D eigenvalue weighted by molar-refractivity contribution is 5.98. The molecule has 5 heteroatoms. The number of hydrogen-bond acceptors (Lipinski definition) is 4. The molecule has 0 radical (unpaired) electrons. The van der Waals surface area contributed by atoms with Gasteiger partial charge in [0, 0.05) is 5.41 Å². The van der Waals surface area contributed by atoms with E-state index in [0.717, 1.165) is 11.4 Å². The van der Waals surface area contributed by atoms with Crippen LogP contribution in [0, 0.1) is 0 Å². The largest absolute Gasteiger partial charge is 0.322 e. The lowest BCUT2D eigenvalue weighted by Crippen LogP contribution is -2.45. The van der Waals surface area contributed by atoms with Gasteiger partial charge in [0.1, 0.15) is 11.4 Å². The molecule has 1 atom stereocenters. The molecular weight excluding hydrogens is 276 g/mol. The molecule has 0 saturated carbocycles. The lowest BCUT2D eigenvalue weighted by atomic mass is 9.92. The van der Waals surface area contributed by atoms with Gasteiger partial charge in [-0.15, -0.1) is 0 Å². The molecule has 1 aromatic heterocycles. The van der Waals surface area contributed by atoms with Crippen molar-refractivity contribution in [2.75, 3.05) is 5.32 Å². The maximum atomic E-state index is 12.4. The maximum Gasteiger partial charge on any atom is 0.248 e. The number of hydrogen-bond donors (Lipinski definition) is 2. The van der Waals surface area contributed by atoms with Crippen molar-refractivity contribution < 1.29 is 4.79 Å². The summed E-state index contributed by atoms with van der Waals surface area (Å²) in [6, 6.07) is 9.26. The van der Waals surface area contributed by atoms with Gasteiger partial charge in [-0.1, -0.05) is 51.1 Å². The summed E-state index contributed by atoms with van der Waals surface area (Å²) in [5, 5.41) is 2.77. The zero-order valence-electron chi connectivity index (χ0n) is 13.4. The molecule has 1 aromatic carbocycles. The molecule has 2 rings (SSSR count). The van der Waals surface area contributed by atoms with Crippen molar-refractivity contribution in [1.29, 1.82) is 0 Å². The van der Waals surface area contributed by atoms with Gasteiger partial charge >= 0.3 is 0 Å². The Hall–Kier alpha value is -2.27. The molecule has 116 valence electrons. The van der Waals surface area contributed by atoms with Crippen LogP contribution in [-0.2, 0) is 15.7 Å². The fourth-order valence-corrected chi connectivity index (χ4v) is 1.96. The average Bonchev–Trinajstić information content (AvgIpc) is 2.47. The average molecular weight is 298 g/mol. The predicted molar refractivity (Wildman–Crippen MR) is 87.3 cm³/mol. The number of nitrogens with two attached hydrogens (primary N) is 1. The van der Waals surface area contributed by atoms with Gasteiger partial charge in [-0.2, -0.15) is 0 Å². The third kappa shape index (κ3) is 3.49. The summed E-state index contributed by atoms with van der Waals surface area (Å²) in [5.74, 6) is 0.426. The van der Waals surface area contributed by atoms with Crippen molar-refractivity contribution >= 4 is 11.6 Å². The van der Waals surface area contributed by atoms with E-state index in [1.807, 2.05) is 51.1 Å². The van der Waals surface area contributed by atoms with Gasteiger partial charge in [-0.05, 0) is 12.5 Å². The van der Waals surface area contributed by atoms with Gasteiger partial charge in [0.05, 0.1) is 18.1 Å². The SMILES string of the molecule is CC(C)(C)c1ncc(NC(=O)C(C)(N)c2ccccc2)cn1. The van der Waals surface area contributed by atoms with E-state index >= 15 is 0 Å². The van der Waals surface area contributed by atoms with Crippen molar-refractivity contribution in [1.82, 2.24) is 9.97 Å². The topological polar surface area (TPSA) is 80.9 Å². The molecule has 5 nitrogen and oxygen atoms in total. The number of carbonyl (C=O) groups is 1. The normalized spacial score (nSPS) is 14.2. The quantitative estimate of drug-likeness (QED) is 0.912. The van der Waals surface area contributed by atoms with Crippen molar-refractivity contribution in [3.05, 3.63) is 54.1 Å². The zero-order valence-corrected chi connectivity index (χ0v) is 13.4. The fraction of sp³-hybridized carbons (Fsp3) is 0.353. The van der Waals surface area contributed by atoms with Crippen LogP contribution < -0.4 is 11.1 Å². The molecule has 0 aliphatic heterocycles. The first-order valence-electron chi connectivity index (χ1n) is 7.19. The summed E-state index contributed by atoms with van der Waals surface area (Å²) in [6.45, 7) is 7.79.